The highest BCUT2D eigenvalue weighted by Crippen LogP contribution is 2.12. The third-order valence-corrected chi connectivity index (χ3v) is 3.60. The van der Waals surface area contributed by atoms with Crippen molar-refractivity contribution in [3.05, 3.63) is 77.8 Å². The molecule has 2 aromatic carbocycles. The lowest BCUT2D eigenvalue weighted by Gasteiger charge is -2.11. The molecule has 0 N–H and O–H groups in total. The Morgan fingerprint density at radius 1 is 0.905 bits per heavy atom. The van der Waals surface area contributed by atoms with E-state index in [-0.39, 0.29) is 0 Å². The number of hydrogen-bond donors (Lipinski definition) is 0. The van der Waals surface area contributed by atoms with Crippen LogP contribution in [0.4, 0.5) is 0 Å². The van der Waals surface area contributed by atoms with Gasteiger partial charge in [0.05, 0.1) is 10.9 Å². The topological polar surface area (TPSA) is 17.3 Å². The zero-order valence-corrected chi connectivity index (χ0v) is 12.4. The Kier molecular flexibility index (Phi) is 4.15. The number of benzene rings is 2. The summed E-state index contributed by atoms with van der Waals surface area (Å²) in [6.45, 7) is 3.92. The van der Waals surface area contributed by atoms with Gasteiger partial charge in [0.2, 0.25) is 0 Å². The van der Waals surface area contributed by atoms with Gasteiger partial charge in [-0.15, -0.1) is 0 Å². The number of nitrogens with zero attached hydrogens (tertiary/aromatic N) is 2. The minimum absolute atomic E-state index is 0.882. The van der Waals surface area contributed by atoms with Gasteiger partial charge in [-0.05, 0) is 24.1 Å². The zero-order chi connectivity index (χ0) is 14.5. The van der Waals surface area contributed by atoms with Crippen LogP contribution in [0.2, 0.25) is 0 Å². The Morgan fingerprint density at radius 3 is 2.48 bits per heavy atom. The molecule has 0 spiro atoms. The molecule has 2 nitrogen and oxygen atoms in total. The van der Waals surface area contributed by atoms with Crippen molar-refractivity contribution in [1.29, 1.82) is 0 Å². The van der Waals surface area contributed by atoms with E-state index < -0.39 is 0 Å². The third kappa shape index (κ3) is 3.05. The van der Waals surface area contributed by atoms with Crippen molar-refractivity contribution in [3.8, 4) is 0 Å². The fraction of sp³-hybridized carbons (Fsp3) is 0.211. The lowest BCUT2D eigenvalue weighted by atomic mass is 10.1. The molecule has 0 atom stereocenters. The molecule has 0 saturated heterocycles. The number of pyridine rings is 1. The molecule has 21 heavy (non-hydrogen) atoms. The lowest BCUT2D eigenvalue weighted by Crippen LogP contribution is -2.10. The van der Waals surface area contributed by atoms with Crippen molar-refractivity contribution in [2.75, 3.05) is 6.54 Å². The molecule has 0 bridgehead atoms. The van der Waals surface area contributed by atoms with E-state index in [1.54, 1.807) is 0 Å². The second-order valence-electron chi connectivity index (χ2n) is 5.21. The van der Waals surface area contributed by atoms with Crippen LogP contribution in [0.1, 0.15) is 18.9 Å². The van der Waals surface area contributed by atoms with E-state index in [4.69, 9.17) is 0 Å². The van der Waals surface area contributed by atoms with Gasteiger partial charge in [-0.3, -0.25) is 4.99 Å². The molecule has 0 aliphatic heterocycles. The second kappa shape index (κ2) is 6.40. The molecule has 0 unspecified atom stereocenters. The van der Waals surface area contributed by atoms with Crippen LogP contribution in [0.5, 0.6) is 0 Å². The number of hydrogen-bond acceptors (Lipinski definition) is 1. The van der Waals surface area contributed by atoms with Gasteiger partial charge in [0.15, 0.2) is 0 Å². The highest BCUT2D eigenvalue weighted by Gasteiger charge is 2.01. The molecule has 2 heteroatoms. The summed E-state index contributed by atoms with van der Waals surface area (Å²) in [7, 11) is 0. The van der Waals surface area contributed by atoms with Crippen molar-refractivity contribution in [3.63, 3.8) is 0 Å². The number of fused-ring (bicyclic) bond motifs is 1. The van der Waals surface area contributed by atoms with Gasteiger partial charge in [-0.1, -0.05) is 55.5 Å². The maximum atomic E-state index is 4.69. The molecule has 1 aromatic heterocycles. The Balaban J connectivity index is 2.09. The van der Waals surface area contributed by atoms with Crippen molar-refractivity contribution in [1.82, 2.24) is 4.57 Å². The lowest BCUT2D eigenvalue weighted by molar-refractivity contribution is 0.822. The van der Waals surface area contributed by atoms with E-state index in [2.05, 4.69) is 83.3 Å². The molecule has 0 aliphatic rings. The Labute approximate surface area is 125 Å². The zero-order valence-electron chi connectivity index (χ0n) is 12.4. The smallest absolute Gasteiger partial charge is 0.0682 e. The molecule has 3 rings (SSSR count). The van der Waals surface area contributed by atoms with Crippen LogP contribution in [0.3, 0.4) is 0 Å². The fourth-order valence-corrected chi connectivity index (χ4v) is 2.56. The Hall–Kier alpha value is -2.35. The quantitative estimate of drug-likeness (QED) is 0.685. The maximum Gasteiger partial charge on any atom is 0.0682 e. The molecular weight excluding hydrogens is 256 g/mol. The Morgan fingerprint density at radius 2 is 1.67 bits per heavy atom. The minimum atomic E-state index is 0.882. The predicted octanol–water partition coefficient (Wildman–Crippen LogP) is 4.00. The Bertz CT molecular complexity index is 785. The van der Waals surface area contributed by atoms with Crippen LogP contribution in [-0.4, -0.2) is 11.1 Å². The first-order valence-corrected chi connectivity index (χ1v) is 7.51. The number of rotatable bonds is 4. The molecule has 0 radical (unpaired) electrons. The van der Waals surface area contributed by atoms with Gasteiger partial charge in [-0.2, -0.15) is 0 Å². The SMILES string of the molecule is CCCN=c1ccn(Cc2ccccc2)c2ccccc12. The van der Waals surface area contributed by atoms with Crippen molar-refractivity contribution >= 4 is 10.9 Å². The molecule has 1 heterocycles. The van der Waals surface area contributed by atoms with Crippen LogP contribution in [0.15, 0.2) is 71.9 Å². The summed E-state index contributed by atoms with van der Waals surface area (Å²) in [5.41, 5.74) is 2.55. The van der Waals surface area contributed by atoms with E-state index in [0.29, 0.717) is 0 Å². The summed E-state index contributed by atoms with van der Waals surface area (Å²) in [5.74, 6) is 0. The standard InChI is InChI=1S/C19H20N2/c1-2-13-20-18-12-14-21(15-16-8-4-3-5-9-16)19-11-7-6-10-17(18)19/h3-12,14H,2,13,15H2,1H3. The third-order valence-electron chi connectivity index (χ3n) is 3.60. The van der Waals surface area contributed by atoms with Crippen LogP contribution < -0.4 is 5.36 Å². The molecule has 0 amide bonds. The van der Waals surface area contributed by atoms with E-state index in [1.807, 2.05) is 0 Å². The van der Waals surface area contributed by atoms with Crippen molar-refractivity contribution in [2.45, 2.75) is 19.9 Å². The number of para-hydroxylation sites is 1. The highest BCUT2D eigenvalue weighted by molar-refractivity contribution is 5.78. The summed E-state index contributed by atoms with van der Waals surface area (Å²) in [6, 6.07) is 21.2. The van der Waals surface area contributed by atoms with Crippen LogP contribution in [0.25, 0.3) is 10.9 Å². The first-order chi connectivity index (χ1) is 10.4. The molecule has 0 aliphatic carbocycles. The molecule has 3 aromatic rings. The largest absolute Gasteiger partial charge is 0.343 e. The molecule has 106 valence electrons. The summed E-state index contributed by atoms with van der Waals surface area (Å²) in [6.07, 6.45) is 3.22. The van der Waals surface area contributed by atoms with Crippen LogP contribution in [-0.2, 0) is 6.54 Å². The average Bonchev–Trinajstić information content (AvgIpc) is 2.55. The minimum Gasteiger partial charge on any atom is -0.343 e. The highest BCUT2D eigenvalue weighted by atomic mass is 14.9. The average molecular weight is 276 g/mol. The van der Waals surface area contributed by atoms with Gasteiger partial charge in [0, 0.05) is 24.7 Å². The molecular formula is C19H20N2. The van der Waals surface area contributed by atoms with Crippen LogP contribution in [0, 0.1) is 0 Å². The van der Waals surface area contributed by atoms with Crippen molar-refractivity contribution in [2.24, 2.45) is 4.99 Å². The molecule has 0 fully saturated rings. The van der Waals surface area contributed by atoms with Crippen molar-refractivity contribution < 1.29 is 0 Å². The van der Waals surface area contributed by atoms with E-state index >= 15 is 0 Å². The fourth-order valence-electron chi connectivity index (χ4n) is 2.56. The van der Waals surface area contributed by atoms with E-state index in [1.165, 1.54) is 16.5 Å². The second-order valence-corrected chi connectivity index (χ2v) is 5.21. The normalized spacial score (nSPS) is 12.0. The van der Waals surface area contributed by atoms with Gasteiger partial charge >= 0.3 is 0 Å². The summed E-state index contributed by atoms with van der Waals surface area (Å²) in [4.78, 5) is 4.69. The maximum absolute atomic E-state index is 4.69. The first kappa shape index (κ1) is 13.6. The van der Waals surface area contributed by atoms with Crippen LogP contribution >= 0.6 is 0 Å². The summed E-state index contributed by atoms with van der Waals surface area (Å²) < 4.78 is 2.29. The van der Waals surface area contributed by atoms with Gasteiger partial charge in [0.25, 0.3) is 0 Å². The molecule has 0 saturated carbocycles. The predicted molar refractivity (Wildman–Crippen MR) is 88.2 cm³/mol. The summed E-state index contributed by atoms with van der Waals surface area (Å²) in [5, 5.41) is 2.32. The van der Waals surface area contributed by atoms with Gasteiger partial charge < -0.3 is 4.57 Å². The number of aromatic nitrogens is 1. The van der Waals surface area contributed by atoms with E-state index in [9.17, 15) is 0 Å². The summed E-state index contributed by atoms with van der Waals surface area (Å²) >= 11 is 0. The van der Waals surface area contributed by atoms with Gasteiger partial charge in [0.1, 0.15) is 0 Å². The monoisotopic (exact) mass is 276 g/mol. The van der Waals surface area contributed by atoms with E-state index in [0.717, 1.165) is 24.9 Å². The van der Waals surface area contributed by atoms with Gasteiger partial charge in [-0.25, -0.2) is 0 Å². The first-order valence-electron chi connectivity index (χ1n) is 7.51.